The Balaban J connectivity index is 1.53. The van der Waals surface area contributed by atoms with Crippen LogP contribution in [-0.4, -0.2) is 0 Å². The van der Waals surface area contributed by atoms with E-state index in [1.807, 2.05) is 18.2 Å². The predicted molar refractivity (Wildman–Crippen MR) is 111 cm³/mol. The van der Waals surface area contributed by atoms with Crippen molar-refractivity contribution >= 4 is 11.8 Å². The summed E-state index contributed by atoms with van der Waals surface area (Å²) >= 11 is 1.79. The molecule has 0 aromatic heterocycles. The van der Waals surface area contributed by atoms with Crippen LogP contribution in [0.4, 0.5) is 0 Å². The third-order valence-electron chi connectivity index (χ3n) is 4.87. The third-order valence-corrected chi connectivity index (χ3v) is 5.89. The zero-order valence-electron chi connectivity index (χ0n) is 14.7. The Hall–Kier alpha value is -2.97. The summed E-state index contributed by atoms with van der Waals surface area (Å²) in [6.07, 6.45) is 0. The molecule has 0 unspecified atom stereocenters. The summed E-state index contributed by atoms with van der Waals surface area (Å²) in [7, 11) is 0. The minimum atomic E-state index is 0.196. The van der Waals surface area contributed by atoms with Gasteiger partial charge < -0.3 is 4.74 Å². The van der Waals surface area contributed by atoms with E-state index < -0.39 is 0 Å². The largest absolute Gasteiger partial charge is 0.457 e. The van der Waals surface area contributed by atoms with Gasteiger partial charge in [-0.3, -0.25) is 0 Å². The zero-order valence-corrected chi connectivity index (χ0v) is 15.5. The van der Waals surface area contributed by atoms with Gasteiger partial charge in [0, 0.05) is 26.8 Å². The topological polar surface area (TPSA) is 9.23 Å². The van der Waals surface area contributed by atoms with E-state index in [-0.39, 0.29) is 5.92 Å². The maximum atomic E-state index is 6.13. The summed E-state index contributed by atoms with van der Waals surface area (Å²) in [5.41, 5.74) is 3.73. The average Bonchev–Trinajstić information content (AvgIpc) is 2.73. The average molecular weight is 366 g/mol. The van der Waals surface area contributed by atoms with Gasteiger partial charge in [-0.2, -0.15) is 0 Å². The van der Waals surface area contributed by atoms with E-state index in [2.05, 4.69) is 84.9 Å². The van der Waals surface area contributed by atoms with Crippen molar-refractivity contribution in [2.24, 2.45) is 0 Å². The Morgan fingerprint density at radius 1 is 0.519 bits per heavy atom. The molecule has 4 aromatic carbocycles. The normalized spacial score (nSPS) is 12.7. The van der Waals surface area contributed by atoms with E-state index in [1.165, 1.54) is 26.5 Å². The second-order valence-corrected chi connectivity index (χ2v) is 7.74. The molecular formula is C25H18OS. The minimum Gasteiger partial charge on any atom is -0.457 e. The highest BCUT2D eigenvalue weighted by molar-refractivity contribution is 7.99. The molecule has 1 heterocycles. The summed E-state index contributed by atoms with van der Waals surface area (Å²) in [6, 6.07) is 36.1. The molecular weight excluding hydrogens is 348 g/mol. The Morgan fingerprint density at radius 3 is 1.67 bits per heavy atom. The summed E-state index contributed by atoms with van der Waals surface area (Å²) in [5.74, 6) is 2.09. The van der Waals surface area contributed by atoms with Gasteiger partial charge in [0.15, 0.2) is 0 Å². The first-order valence-electron chi connectivity index (χ1n) is 9.07. The Kier molecular flexibility index (Phi) is 4.19. The van der Waals surface area contributed by atoms with Crippen molar-refractivity contribution in [2.75, 3.05) is 0 Å². The van der Waals surface area contributed by atoms with Crippen molar-refractivity contribution in [2.45, 2.75) is 15.7 Å². The molecule has 0 spiro atoms. The highest BCUT2D eigenvalue weighted by atomic mass is 32.2. The molecule has 0 atom stereocenters. The van der Waals surface area contributed by atoms with E-state index >= 15 is 0 Å². The van der Waals surface area contributed by atoms with Crippen molar-refractivity contribution in [3.63, 3.8) is 0 Å². The van der Waals surface area contributed by atoms with E-state index in [0.717, 1.165) is 11.5 Å². The van der Waals surface area contributed by atoms with Crippen molar-refractivity contribution in [1.82, 2.24) is 0 Å². The van der Waals surface area contributed by atoms with Crippen molar-refractivity contribution in [3.8, 4) is 11.5 Å². The van der Waals surface area contributed by atoms with Gasteiger partial charge in [0.25, 0.3) is 0 Å². The number of benzene rings is 4. The van der Waals surface area contributed by atoms with Gasteiger partial charge in [-0.25, -0.2) is 0 Å². The van der Waals surface area contributed by atoms with E-state index in [9.17, 15) is 0 Å². The van der Waals surface area contributed by atoms with Gasteiger partial charge in [-0.05, 0) is 42.0 Å². The molecule has 2 heteroatoms. The van der Waals surface area contributed by atoms with E-state index in [4.69, 9.17) is 4.74 Å². The monoisotopic (exact) mass is 366 g/mol. The molecule has 0 saturated carbocycles. The zero-order chi connectivity index (χ0) is 18.1. The lowest BCUT2D eigenvalue weighted by molar-refractivity contribution is 0.453. The third kappa shape index (κ3) is 3.13. The van der Waals surface area contributed by atoms with Gasteiger partial charge in [0.1, 0.15) is 11.5 Å². The standard InChI is InChI=1S/C25H18OS/c1-2-8-19(9-3-1)27-20-16-14-18(15-17-20)25-21-10-4-6-12-23(21)26-24-13-7-5-11-22(24)25/h1-17,25H. The molecule has 0 amide bonds. The molecule has 5 rings (SSSR count). The van der Waals surface area contributed by atoms with Crippen LogP contribution in [0.3, 0.4) is 0 Å². The molecule has 0 fully saturated rings. The van der Waals surface area contributed by atoms with Crippen LogP contribution >= 0.6 is 11.8 Å². The second kappa shape index (κ2) is 6.98. The van der Waals surface area contributed by atoms with Crippen LogP contribution in [0.1, 0.15) is 22.6 Å². The van der Waals surface area contributed by atoms with Crippen LogP contribution in [0.25, 0.3) is 0 Å². The number of hydrogen-bond acceptors (Lipinski definition) is 2. The summed E-state index contributed by atoms with van der Waals surface area (Å²) < 4.78 is 6.13. The number of fused-ring (bicyclic) bond motifs is 2. The van der Waals surface area contributed by atoms with E-state index in [1.54, 1.807) is 11.8 Å². The van der Waals surface area contributed by atoms with E-state index in [0.29, 0.717) is 0 Å². The van der Waals surface area contributed by atoms with Crippen LogP contribution < -0.4 is 4.74 Å². The first kappa shape index (κ1) is 16.2. The second-order valence-electron chi connectivity index (χ2n) is 6.59. The lowest BCUT2D eigenvalue weighted by Crippen LogP contribution is -2.11. The molecule has 0 N–H and O–H groups in total. The Morgan fingerprint density at radius 2 is 1.04 bits per heavy atom. The van der Waals surface area contributed by atoms with Crippen LogP contribution in [0.15, 0.2) is 113 Å². The highest BCUT2D eigenvalue weighted by Crippen LogP contribution is 2.47. The van der Waals surface area contributed by atoms with Gasteiger partial charge in [0.2, 0.25) is 0 Å². The fraction of sp³-hybridized carbons (Fsp3) is 0.0400. The summed E-state index contributed by atoms with van der Waals surface area (Å²) in [4.78, 5) is 2.51. The molecule has 0 bridgehead atoms. The van der Waals surface area contributed by atoms with Crippen LogP contribution in [0, 0.1) is 0 Å². The number of rotatable bonds is 3. The van der Waals surface area contributed by atoms with Crippen LogP contribution in [0.2, 0.25) is 0 Å². The molecule has 1 nitrogen and oxygen atoms in total. The van der Waals surface area contributed by atoms with Crippen molar-refractivity contribution < 1.29 is 4.74 Å². The Bertz CT molecular complexity index is 1030. The van der Waals surface area contributed by atoms with Crippen molar-refractivity contribution in [3.05, 3.63) is 120 Å². The maximum Gasteiger partial charge on any atom is 0.131 e. The first-order valence-corrected chi connectivity index (χ1v) is 9.89. The molecule has 1 aliphatic rings. The Labute approximate surface area is 163 Å². The predicted octanol–water partition coefficient (Wildman–Crippen LogP) is 7.12. The molecule has 0 saturated heterocycles. The molecule has 130 valence electrons. The summed E-state index contributed by atoms with van der Waals surface area (Å²) in [6.45, 7) is 0. The molecule has 27 heavy (non-hydrogen) atoms. The molecule has 4 aromatic rings. The van der Waals surface area contributed by atoms with Gasteiger partial charge >= 0.3 is 0 Å². The fourth-order valence-corrected chi connectivity index (χ4v) is 4.46. The van der Waals surface area contributed by atoms with Gasteiger partial charge in [-0.15, -0.1) is 0 Å². The molecule has 0 aliphatic carbocycles. The number of para-hydroxylation sites is 2. The first-order chi connectivity index (χ1) is 13.4. The highest BCUT2D eigenvalue weighted by Gasteiger charge is 2.27. The van der Waals surface area contributed by atoms with Crippen LogP contribution in [-0.2, 0) is 0 Å². The summed E-state index contributed by atoms with van der Waals surface area (Å²) in [5, 5.41) is 0. The fourth-order valence-electron chi connectivity index (χ4n) is 3.62. The number of ether oxygens (including phenoxy) is 1. The minimum absolute atomic E-state index is 0.196. The number of hydrogen-bond donors (Lipinski definition) is 0. The van der Waals surface area contributed by atoms with Gasteiger partial charge in [0.05, 0.1) is 0 Å². The SMILES string of the molecule is c1ccc(Sc2ccc(C3c4ccccc4Oc4ccccc43)cc2)cc1. The quantitative estimate of drug-likeness (QED) is 0.336. The maximum absolute atomic E-state index is 6.13. The molecule has 0 radical (unpaired) electrons. The lowest BCUT2D eigenvalue weighted by atomic mass is 9.83. The smallest absolute Gasteiger partial charge is 0.131 e. The van der Waals surface area contributed by atoms with Gasteiger partial charge in [-0.1, -0.05) is 78.5 Å². The van der Waals surface area contributed by atoms with Crippen LogP contribution in [0.5, 0.6) is 11.5 Å². The van der Waals surface area contributed by atoms with Crippen molar-refractivity contribution in [1.29, 1.82) is 0 Å². The lowest BCUT2D eigenvalue weighted by Gasteiger charge is -2.28. The molecule has 1 aliphatic heterocycles.